The molecule has 1 unspecified atom stereocenters. The van der Waals surface area contributed by atoms with Gasteiger partial charge in [-0.05, 0) is 12.3 Å². The third-order valence-electron chi connectivity index (χ3n) is 3.05. The van der Waals surface area contributed by atoms with Crippen molar-refractivity contribution in [1.29, 1.82) is 0 Å². The number of rotatable bonds is 10. The van der Waals surface area contributed by atoms with Crippen molar-refractivity contribution in [2.75, 3.05) is 32.1 Å². The van der Waals surface area contributed by atoms with Crippen LogP contribution in [0.4, 0.5) is 0 Å². The van der Waals surface area contributed by atoms with E-state index in [2.05, 4.69) is 0 Å². The molecule has 0 bridgehead atoms. The maximum absolute atomic E-state index is 10.9. The van der Waals surface area contributed by atoms with Crippen LogP contribution in [0, 0.1) is 5.92 Å². The molecule has 0 fully saturated rings. The van der Waals surface area contributed by atoms with Crippen molar-refractivity contribution in [2.45, 2.75) is 32.0 Å². The maximum atomic E-state index is 10.9. The molecule has 1 atom stereocenters. The quantitative estimate of drug-likeness (QED) is 0.236. The van der Waals surface area contributed by atoms with E-state index in [1.165, 1.54) is 0 Å². The summed E-state index contributed by atoms with van der Waals surface area (Å²) in [5, 5.41) is 38.1. The Balaban J connectivity index is 5.36. The molecule has 20 heavy (non-hydrogen) atoms. The minimum absolute atomic E-state index is 0.0495. The molecule has 0 spiro atoms. The molecule has 0 aromatic carbocycles. The van der Waals surface area contributed by atoms with Crippen LogP contribution in [0.2, 0.25) is 0 Å². The highest BCUT2D eigenvalue weighted by atomic mass is 32.2. The third-order valence-corrected chi connectivity index (χ3v) is 3.77. The molecule has 9 heteroatoms. The first-order valence-electron chi connectivity index (χ1n) is 6.34. The van der Waals surface area contributed by atoms with E-state index in [0.29, 0.717) is 0 Å². The summed E-state index contributed by atoms with van der Waals surface area (Å²) in [7, 11) is -4.43. The highest BCUT2D eigenvalue weighted by Gasteiger charge is 2.40. The lowest BCUT2D eigenvalue weighted by molar-refractivity contribution is -0.111. The fourth-order valence-electron chi connectivity index (χ4n) is 2.33. The summed E-state index contributed by atoms with van der Waals surface area (Å²) in [6.07, 6.45) is -1.36. The Morgan fingerprint density at radius 3 is 1.95 bits per heavy atom. The molecule has 0 saturated carbocycles. The number of hydrogen-bond donors (Lipinski definition) is 5. The summed E-state index contributed by atoms with van der Waals surface area (Å²) in [6, 6.07) is 0. The van der Waals surface area contributed by atoms with E-state index < -0.39 is 47.5 Å². The van der Waals surface area contributed by atoms with E-state index in [0.717, 1.165) is 4.90 Å². The van der Waals surface area contributed by atoms with Crippen molar-refractivity contribution < 1.29 is 33.4 Å². The van der Waals surface area contributed by atoms with Gasteiger partial charge in [0, 0.05) is 6.54 Å². The van der Waals surface area contributed by atoms with Crippen LogP contribution in [0.25, 0.3) is 0 Å². The number of hydrogen-bond acceptors (Lipinski definition) is 7. The van der Waals surface area contributed by atoms with Crippen molar-refractivity contribution in [2.24, 2.45) is 5.92 Å². The predicted molar refractivity (Wildman–Crippen MR) is 72.6 cm³/mol. The number of β-amino-alcohol motifs (C(OH)–C–C–N with tert-alkyl or cyclic N) is 1. The molecule has 5 N–H and O–H groups in total. The highest BCUT2D eigenvalue weighted by molar-refractivity contribution is 7.85. The molecule has 0 heterocycles. The number of aliphatic hydroxyl groups is 4. The minimum Gasteiger partial charge on any atom is -0.395 e. The molecule has 0 aliphatic rings. The van der Waals surface area contributed by atoms with Gasteiger partial charge in [-0.1, -0.05) is 13.8 Å². The smallest absolute Gasteiger partial charge is 0.268 e. The van der Waals surface area contributed by atoms with Crippen LogP contribution in [0.1, 0.15) is 20.3 Å². The van der Waals surface area contributed by atoms with Gasteiger partial charge < -0.3 is 20.4 Å². The Labute approximate surface area is 119 Å². The van der Waals surface area contributed by atoms with Crippen LogP contribution >= 0.6 is 0 Å². The lowest BCUT2D eigenvalue weighted by Crippen LogP contribution is -2.61. The van der Waals surface area contributed by atoms with Crippen LogP contribution in [-0.4, -0.2) is 82.2 Å². The predicted octanol–water partition coefficient (Wildman–Crippen LogP) is -1.74. The van der Waals surface area contributed by atoms with E-state index in [9.17, 15) is 23.7 Å². The van der Waals surface area contributed by atoms with Crippen molar-refractivity contribution in [3.05, 3.63) is 0 Å². The fourth-order valence-corrected chi connectivity index (χ4v) is 2.88. The summed E-state index contributed by atoms with van der Waals surface area (Å²) in [5.41, 5.74) is -1.28. The second kappa shape index (κ2) is 8.23. The van der Waals surface area contributed by atoms with E-state index in [1.54, 1.807) is 0 Å². The van der Waals surface area contributed by atoms with Crippen molar-refractivity contribution in [3.8, 4) is 0 Å². The van der Waals surface area contributed by atoms with E-state index in [4.69, 9.17) is 9.66 Å². The van der Waals surface area contributed by atoms with Gasteiger partial charge >= 0.3 is 0 Å². The monoisotopic (exact) mass is 315 g/mol. The average molecular weight is 315 g/mol. The molecule has 0 saturated heterocycles. The molecular formula is C11H25NO7S. The molecule has 0 radical (unpaired) electrons. The Hall–Kier alpha value is -0.290. The Bertz CT molecular complexity index is 367. The summed E-state index contributed by atoms with van der Waals surface area (Å²) >= 11 is 0. The highest BCUT2D eigenvalue weighted by Crippen LogP contribution is 2.25. The van der Waals surface area contributed by atoms with Crippen LogP contribution in [0.5, 0.6) is 0 Å². The van der Waals surface area contributed by atoms with Gasteiger partial charge in [-0.25, -0.2) is 0 Å². The fraction of sp³-hybridized carbons (Fsp3) is 1.00. The van der Waals surface area contributed by atoms with Gasteiger partial charge in [0.15, 0.2) is 0 Å². The van der Waals surface area contributed by atoms with Crippen LogP contribution in [0.3, 0.4) is 0 Å². The second-order valence-corrected chi connectivity index (χ2v) is 6.78. The Kier molecular flexibility index (Phi) is 8.11. The minimum atomic E-state index is -4.43. The lowest BCUT2D eigenvalue weighted by atomic mass is 9.88. The van der Waals surface area contributed by atoms with Gasteiger partial charge in [0.1, 0.15) is 12.0 Å². The van der Waals surface area contributed by atoms with Crippen LogP contribution < -0.4 is 0 Å². The lowest BCUT2D eigenvalue weighted by Gasteiger charge is -2.44. The number of aliphatic hydroxyl groups excluding tert-OH is 4. The van der Waals surface area contributed by atoms with Crippen molar-refractivity contribution in [1.82, 2.24) is 4.90 Å². The maximum Gasteiger partial charge on any atom is 0.268 e. The van der Waals surface area contributed by atoms with E-state index in [-0.39, 0.29) is 18.9 Å². The van der Waals surface area contributed by atoms with Gasteiger partial charge in [-0.15, -0.1) is 0 Å². The van der Waals surface area contributed by atoms with Gasteiger partial charge in [0.25, 0.3) is 10.1 Å². The third kappa shape index (κ3) is 6.00. The van der Waals surface area contributed by atoms with Gasteiger partial charge in [-0.2, -0.15) is 8.42 Å². The Morgan fingerprint density at radius 1 is 1.15 bits per heavy atom. The van der Waals surface area contributed by atoms with Crippen molar-refractivity contribution in [3.63, 3.8) is 0 Å². The zero-order valence-corrected chi connectivity index (χ0v) is 12.6. The van der Waals surface area contributed by atoms with Gasteiger partial charge in [0.2, 0.25) is 0 Å². The molecule has 122 valence electrons. The first kappa shape index (κ1) is 19.7. The standard InChI is InChI=1S/C11H25NO7S/c1-9(2)5-11(7-14,8-15)12(3-4-13)10(16)6-20(17,18)19/h9-10,13-16H,3-8H2,1-2H3,(H,17,18,19). The first-order valence-corrected chi connectivity index (χ1v) is 7.95. The van der Waals surface area contributed by atoms with E-state index in [1.807, 2.05) is 13.8 Å². The molecule has 8 nitrogen and oxygen atoms in total. The largest absolute Gasteiger partial charge is 0.395 e. The first-order chi connectivity index (χ1) is 9.11. The van der Waals surface area contributed by atoms with Gasteiger partial charge in [-0.3, -0.25) is 9.45 Å². The van der Waals surface area contributed by atoms with Gasteiger partial charge in [0.05, 0.1) is 25.4 Å². The number of nitrogens with zero attached hydrogens (tertiary/aromatic N) is 1. The molecule has 0 aliphatic carbocycles. The summed E-state index contributed by atoms with van der Waals surface area (Å²) in [5.74, 6) is -0.916. The molecule has 0 aromatic rings. The summed E-state index contributed by atoms with van der Waals surface area (Å²) in [4.78, 5) is 1.11. The summed E-state index contributed by atoms with van der Waals surface area (Å²) in [6.45, 7) is 2.08. The van der Waals surface area contributed by atoms with Crippen LogP contribution in [0.15, 0.2) is 0 Å². The molecule has 0 amide bonds. The zero-order chi connectivity index (χ0) is 16.0. The molecular weight excluding hydrogens is 290 g/mol. The molecule has 0 rings (SSSR count). The average Bonchev–Trinajstić information content (AvgIpc) is 2.31. The SMILES string of the molecule is CC(C)CC(CO)(CO)N(CCO)C(O)CS(=O)(=O)O. The normalized spacial score (nSPS) is 15.1. The molecule has 0 aliphatic heterocycles. The van der Waals surface area contributed by atoms with Crippen molar-refractivity contribution >= 4 is 10.1 Å². The summed E-state index contributed by atoms with van der Waals surface area (Å²) < 4.78 is 30.5. The topological polar surface area (TPSA) is 139 Å². The Morgan fingerprint density at radius 2 is 1.65 bits per heavy atom. The second-order valence-electron chi connectivity index (χ2n) is 5.28. The molecule has 0 aromatic heterocycles. The zero-order valence-electron chi connectivity index (χ0n) is 11.8. The van der Waals surface area contributed by atoms with Crippen LogP contribution in [-0.2, 0) is 10.1 Å². The van der Waals surface area contributed by atoms with E-state index >= 15 is 0 Å².